The van der Waals surface area contributed by atoms with Crippen LogP contribution in [0.4, 0.5) is 0 Å². The van der Waals surface area contributed by atoms with E-state index in [1.807, 2.05) is 37.3 Å². The molecule has 1 rings (SSSR count). The van der Waals surface area contributed by atoms with Crippen molar-refractivity contribution in [2.45, 2.75) is 19.1 Å². The molecule has 0 heterocycles. The lowest BCUT2D eigenvalue weighted by Crippen LogP contribution is -2.38. The van der Waals surface area contributed by atoms with Crippen molar-refractivity contribution in [3.8, 4) is 0 Å². The van der Waals surface area contributed by atoms with Crippen LogP contribution in [0.15, 0.2) is 43.0 Å². The van der Waals surface area contributed by atoms with E-state index in [1.165, 1.54) is 0 Å². The van der Waals surface area contributed by atoms with Gasteiger partial charge in [0.05, 0.1) is 12.7 Å². The van der Waals surface area contributed by atoms with Gasteiger partial charge in [0.1, 0.15) is 6.04 Å². The van der Waals surface area contributed by atoms with E-state index in [4.69, 9.17) is 10.5 Å². The smallest absolute Gasteiger partial charge is 0.241 e. The molecule has 0 aromatic heterocycles. The molecular formula is C14H20N2O2. The monoisotopic (exact) mass is 248 g/mol. The minimum Gasteiger partial charge on any atom is -0.373 e. The van der Waals surface area contributed by atoms with Crippen molar-refractivity contribution in [2.24, 2.45) is 5.73 Å². The maximum absolute atomic E-state index is 11.8. The topological polar surface area (TPSA) is 64.3 Å². The summed E-state index contributed by atoms with van der Waals surface area (Å²) < 4.78 is 5.35. The molecule has 0 fully saturated rings. The van der Waals surface area contributed by atoms with Gasteiger partial charge in [0, 0.05) is 6.54 Å². The molecule has 4 heteroatoms. The predicted molar refractivity (Wildman–Crippen MR) is 72.0 cm³/mol. The van der Waals surface area contributed by atoms with Crippen molar-refractivity contribution in [3.05, 3.63) is 48.6 Å². The van der Waals surface area contributed by atoms with Gasteiger partial charge < -0.3 is 15.8 Å². The first-order chi connectivity index (χ1) is 8.65. The largest absolute Gasteiger partial charge is 0.373 e. The molecule has 0 spiro atoms. The Balaban J connectivity index is 2.39. The maximum Gasteiger partial charge on any atom is 0.241 e. The number of nitrogens with two attached hydrogens (primary N) is 1. The van der Waals surface area contributed by atoms with Crippen LogP contribution in [0.3, 0.4) is 0 Å². The lowest BCUT2D eigenvalue weighted by Gasteiger charge is -2.16. The number of nitrogens with one attached hydrogen (secondary N) is 1. The van der Waals surface area contributed by atoms with E-state index in [2.05, 4.69) is 11.9 Å². The standard InChI is InChI=1S/C14H20N2O2/c1-3-9-18-11(2)10-16-14(17)13(15)12-7-5-4-6-8-12/h3-8,11,13H,1,9-10,15H2,2H3,(H,16,17)/t11?,13-/m1/s1. The highest BCUT2D eigenvalue weighted by atomic mass is 16.5. The summed E-state index contributed by atoms with van der Waals surface area (Å²) in [5.74, 6) is -0.199. The van der Waals surface area contributed by atoms with Crippen LogP contribution < -0.4 is 11.1 Å². The van der Waals surface area contributed by atoms with Crippen molar-refractivity contribution < 1.29 is 9.53 Å². The number of benzene rings is 1. The third kappa shape index (κ3) is 4.69. The van der Waals surface area contributed by atoms with E-state index < -0.39 is 6.04 Å². The summed E-state index contributed by atoms with van der Waals surface area (Å²) >= 11 is 0. The second-order valence-corrected chi connectivity index (χ2v) is 4.07. The Bertz CT molecular complexity index is 379. The third-order valence-electron chi connectivity index (χ3n) is 2.50. The van der Waals surface area contributed by atoms with E-state index in [9.17, 15) is 4.79 Å². The fourth-order valence-corrected chi connectivity index (χ4v) is 1.46. The molecule has 98 valence electrons. The molecule has 18 heavy (non-hydrogen) atoms. The fourth-order valence-electron chi connectivity index (χ4n) is 1.46. The Labute approximate surface area is 108 Å². The van der Waals surface area contributed by atoms with E-state index in [-0.39, 0.29) is 12.0 Å². The first-order valence-corrected chi connectivity index (χ1v) is 5.96. The summed E-state index contributed by atoms with van der Waals surface area (Å²) in [6.07, 6.45) is 1.61. The molecule has 0 aliphatic heterocycles. The molecule has 1 aromatic carbocycles. The lowest BCUT2D eigenvalue weighted by molar-refractivity contribution is -0.123. The van der Waals surface area contributed by atoms with Crippen LogP contribution in [0.5, 0.6) is 0 Å². The first-order valence-electron chi connectivity index (χ1n) is 5.96. The Morgan fingerprint density at radius 2 is 2.17 bits per heavy atom. The minimum atomic E-state index is -0.641. The zero-order valence-corrected chi connectivity index (χ0v) is 10.6. The van der Waals surface area contributed by atoms with Crippen molar-refractivity contribution in [1.82, 2.24) is 5.32 Å². The quantitative estimate of drug-likeness (QED) is 0.717. The normalized spacial score (nSPS) is 13.7. The summed E-state index contributed by atoms with van der Waals surface area (Å²) in [5, 5.41) is 2.77. The summed E-state index contributed by atoms with van der Waals surface area (Å²) in [5.41, 5.74) is 6.66. The van der Waals surface area contributed by atoms with Gasteiger partial charge in [-0.2, -0.15) is 0 Å². The molecule has 1 amide bonds. The highest BCUT2D eigenvalue weighted by molar-refractivity contribution is 5.82. The molecular weight excluding hydrogens is 228 g/mol. The number of ether oxygens (including phenoxy) is 1. The zero-order valence-electron chi connectivity index (χ0n) is 10.6. The van der Waals surface area contributed by atoms with Crippen LogP contribution in [0.25, 0.3) is 0 Å². The average molecular weight is 248 g/mol. The second kappa shape index (κ2) is 7.63. The first kappa shape index (κ1) is 14.4. The summed E-state index contributed by atoms with van der Waals surface area (Å²) in [4.78, 5) is 11.8. The lowest BCUT2D eigenvalue weighted by atomic mass is 10.1. The second-order valence-electron chi connectivity index (χ2n) is 4.07. The predicted octanol–water partition coefficient (Wildman–Crippen LogP) is 1.39. The molecule has 3 N–H and O–H groups in total. The SMILES string of the molecule is C=CCOC(C)CNC(=O)[C@H](N)c1ccccc1. The Kier molecular flexibility index (Phi) is 6.11. The summed E-state index contributed by atoms with van der Waals surface area (Å²) in [6, 6.07) is 8.64. The van der Waals surface area contributed by atoms with Gasteiger partial charge in [-0.05, 0) is 12.5 Å². The van der Waals surface area contributed by atoms with E-state index in [1.54, 1.807) is 6.08 Å². The Morgan fingerprint density at radius 3 is 2.78 bits per heavy atom. The van der Waals surface area contributed by atoms with Crippen LogP contribution in [-0.2, 0) is 9.53 Å². The van der Waals surface area contributed by atoms with E-state index in [0.29, 0.717) is 13.2 Å². The summed E-state index contributed by atoms with van der Waals surface area (Å²) in [6.45, 7) is 6.36. The number of carbonyl (C=O) groups is 1. The van der Waals surface area contributed by atoms with Crippen molar-refractivity contribution in [1.29, 1.82) is 0 Å². The van der Waals surface area contributed by atoms with Gasteiger partial charge in [0.15, 0.2) is 0 Å². The van der Waals surface area contributed by atoms with Crippen LogP contribution >= 0.6 is 0 Å². The highest BCUT2D eigenvalue weighted by Gasteiger charge is 2.15. The van der Waals surface area contributed by atoms with Gasteiger partial charge in [-0.1, -0.05) is 36.4 Å². The number of hydrogen-bond donors (Lipinski definition) is 2. The molecule has 2 atom stereocenters. The van der Waals surface area contributed by atoms with Gasteiger partial charge in [-0.3, -0.25) is 4.79 Å². The molecule has 1 unspecified atom stereocenters. The van der Waals surface area contributed by atoms with Gasteiger partial charge in [0.2, 0.25) is 5.91 Å². The molecule has 0 aliphatic rings. The van der Waals surface area contributed by atoms with Crippen molar-refractivity contribution in [3.63, 3.8) is 0 Å². The fraction of sp³-hybridized carbons (Fsp3) is 0.357. The Hall–Kier alpha value is -1.65. The maximum atomic E-state index is 11.8. The van der Waals surface area contributed by atoms with Gasteiger partial charge >= 0.3 is 0 Å². The number of rotatable bonds is 7. The minimum absolute atomic E-state index is 0.0603. The number of hydrogen-bond acceptors (Lipinski definition) is 3. The highest BCUT2D eigenvalue weighted by Crippen LogP contribution is 2.09. The molecule has 4 nitrogen and oxygen atoms in total. The molecule has 1 aromatic rings. The van der Waals surface area contributed by atoms with Gasteiger partial charge in [0.25, 0.3) is 0 Å². The zero-order chi connectivity index (χ0) is 13.4. The summed E-state index contributed by atoms with van der Waals surface area (Å²) in [7, 11) is 0. The third-order valence-corrected chi connectivity index (χ3v) is 2.50. The van der Waals surface area contributed by atoms with Crippen molar-refractivity contribution in [2.75, 3.05) is 13.2 Å². The van der Waals surface area contributed by atoms with Crippen LogP contribution in [0.2, 0.25) is 0 Å². The molecule has 0 bridgehead atoms. The molecule has 0 aliphatic carbocycles. The van der Waals surface area contributed by atoms with E-state index >= 15 is 0 Å². The average Bonchev–Trinajstić information content (AvgIpc) is 2.42. The number of amides is 1. The molecule has 0 radical (unpaired) electrons. The van der Waals surface area contributed by atoms with Gasteiger partial charge in [-0.25, -0.2) is 0 Å². The van der Waals surface area contributed by atoms with E-state index in [0.717, 1.165) is 5.56 Å². The van der Waals surface area contributed by atoms with Crippen LogP contribution in [0.1, 0.15) is 18.5 Å². The van der Waals surface area contributed by atoms with Crippen LogP contribution in [-0.4, -0.2) is 25.2 Å². The number of carbonyl (C=O) groups excluding carboxylic acids is 1. The molecule has 0 saturated carbocycles. The van der Waals surface area contributed by atoms with Crippen LogP contribution in [0, 0.1) is 0 Å². The Morgan fingerprint density at radius 1 is 1.50 bits per heavy atom. The van der Waals surface area contributed by atoms with Crippen molar-refractivity contribution >= 4 is 5.91 Å². The molecule has 0 saturated heterocycles. The van der Waals surface area contributed by atoms with Gasteiger partial charge in [-0.15, -0.1) is 6.58 Å².